The van der Waals surface area contributed by atoms with Crippen LogP contribution in [0.1, 0.15) is 42.9 Å². The summed E-state index contributed by atoms with van der Waals surface area (Å²) >= 11 is 2.13. The van der Waals surface area contributed by atoms with E-state index in [2.05, 4.69) is 0 Å². The largest absolute Gasteiger partial charge is 0.465 e. The van der Waals surface area contributed by atoms with E-state index in [9.17, 15) is 24.0 Å². The van der Waals surface area contributed by atoms with Gasteiger partial charge < -0.3 is 9.47 Å². The Labute approximate surface area is 204 Å². The maximum atomic E-state index is 13.5. The molecule has 3 heterocycles. The molecule has 0 aliphatic carbocycles. The third-order valence-corrected chi connectivity index (χ3v) is 8.76. The van der Waals surface area contributed by atoms with Gasteiger partial charge in [0, 0.05) is 10.3 Å². The summed E-state index contributed by atoms with van der Waals surface area (Å²) < 4.78 is 11.3. The molecule has 0 radical (unpaired) electrons. The van der Waals surface area contributed by atoms with Crippen LogP contribution in [0.25, 0.3) is 0 Å². The van der Waals surface area contributed by atoms with E-state index in [-0.39, 0.29) is 30.5 Å². The third-order valence-electron chi connectivity index (χ3n) is 5.93. The van der Waals surface area contributed by atoms with Gasteiger partial charge in [0.25, 0.3) is 0 Å². The predicted octanol–water partition coefficient (Wildman–Crippen LogP) is 2.59. The molecular weight excluding hydrogens is 480 g/mol. The van der Waals surface area contributed by atoms with Crippen molar-refractivity contribution in [3.05, 3.63) is 44.4 Å². The van der Waals surface area contributed by atoms with E-state index in [0.29, 0.717) is 21.2 Å². The van der Waals surface area contributed by atoms with Crippen molar-refractivity contribution in [2.45, 2.75) is 49.9 Å². The van der Waals surface area contributed by atoms with Gasteiger partial charge in [-0.1, -0.05) is 36.9 Å². The first-order chi connectivity index (χ1) is 16.1. The van der Waals surface area contributed by atoms with E-state index in [4.69, 9.17) is 9.47 Å². The third kappa shape index (κ3) is 3.86. The number of esters is 2. The number of ether oxygens (including phenoxy) is 2. The molecule has 2 unspecified atom stereocenters. The number of anilines is 1. The van der Waals surface area contributed by atoms with Gasteiger partial charge in [-0.3, -0.25) is 23.7 Å². The second-order valence-corrected chi connectivity index (χ2v) is 10.5. The van der Waals surface area contributed by atoms with Gasteiger partial charge in [-0.05, 0) is 38.1 Å². The molecule has 1 aromatic carbocycles. The first kappa shape index (κ1) is 24.2. The average Bonchev–Trinajstić information content (AvgIpc) is 3.23. The normalized spacial score (nSPS) is 20.6. The molecule has 2 aromatic rings. The van der Waals surface area contributed by atoms with Crippen LogP contribution in [-0.2, 0) is 35.8 Å². The Morgan fingerprint density at radius 2 is 1.65 bits per heavy atom. The maximum Gasteiger partial charge on any atom is 0.338 e. The zero-order chi connectivity index (χ0) is 24.8. The highest BCUT2D eigenvalue weighted by atomic mass is 32.2. The number of fused-ring (bicyclic) bond motifs is 2. The minimum atomic E-state index is -0.804. The molecular formula is C23H24N2O7S2. The Morgan fingerprint density at radius 1 is 1.00 bits per heavy atom. The lowest BCUT2D eigenvalue weighted by Crippen LogP contribution is -2.41. The average molecular weight is 505 g/mol. The van der Waals surface area contributed by atoms with Crippen LogP contribution in [0.15, 0.2) is 34.1 Å². The molecule has 180 valence electrons. The van der Waals surface area contributed by atoms with Gasteiger partial charge >= 0.3 is 16.8 Å². The molecule has 1 saturated heterocycles. The quantitative estimate of drug-likeness (QED) is 0.436. The van der Waals surface area contributed by atoms with Crippen LogP contribution in [0.3, 0.4) is 0 Å². The Bertz CT molecular complexity index is 1230. The van der Waals surface area contributed by atoms with Crippen molar-refractivity contribution in [2.24, 2.45) is 5.92 Å². The first-order valence-corrected chi connectivity index (χ1v) is 12.5. The zero-order valence-electron chi connectivity index (χ0n) is 19.2. The molecule has 9 nitrogen and oxygen atoms in total. The van der Waals surface area contributed by atoms with Crippen molar-refractivity contribution >= 4 is 52.5 Å². The molecule has 2 aliphatic rings. The molecule has 0 saturated carbocycles. The predicted molar refractivity (Wildman–Crippen MR) is 126 cm³/mol. The van der Waals surface area contributed by atoms with E-state index < -0.39 is 34.4 Å². The van der Waals surface area contributed by atoms with E-state index in [1.165, 1.54) is 16.7 Å². The second kappa shape index (κ2) is 9.03. The number of hydrogen-bond donors (Lipinski definition) is 0. The number of thioether (sulfide) groups is 1. The highest BCUT2D eigenvalue weighted by Gasteiger charge is 2.59. The Hall–Kier alpha value is -2.92. The summed E-state index contributed by atoms with van der Waals surface area (Å²) in [5, 5.41) is -0.225. The molecule has 0 bridgehead atoms. The minimum absolute atomic E-state index is 0.195. The number of thiazole rings is 1. The molecule has 1 fully saturated rings. The van der Waals surface area contributed by atoms with Crippen molar-refractivity contribution in [2.75, 3.05) is 18.1 Å². The molecule has 34 heavy (non-hydrogen) atoms. The van der Waals surface area contributed by atoms with Gasteiger partial charge in [-0.25, -0.2) is 9.69 Å². The summed E-state index contributed by atoms with van der Waals surface area (Å²) in [4.78, 5) is 65.1. The first-order valence-electron chi connectivity index (χ1n) is 10.8. The number of hydrogen-bond acceptors (Lipinski definition) is 9. The fraction of sp³-hybridized carbons (Fsp3) is 0.435. The second-order valence-electron chi connectivity index (χ2n) is 8.41. The summed E-state index contributed by atoms with van der Waals surface area (Å²) in [5.74, 6) is -2.47. The smallest absolute Gasteiger partial charge is 0.338 e. The number of aromatic nitrogens is 1. The van der Waals surface area contributed by atoms with Gasteiger partial charge in [0.05, 0.1) is 35.4 Å². The number of nitrogens with zero attached hydrogens (tertiary/aromatic N) is 2. The molecule has 4 rings (SSSR count). The molecule has 2 aliphatic heterocycles. The Balaban J connectivity index is 1.68. The number of carbonyl (C=O) groups is 4. The van der Waals surface area contributed by atoms with Crippen LogP contribution < -0.4 is 9.77 Å². The lowest BCUT2D eigenvalue weighted by atomic mass is 9.76. The standard InChI is InChI=1S/C23H24N2O7S2/c1-5-31-14(26)11-24-20-17(34-22(24)30)23(3,4)15-16(33-20)19(28)25(18(15)27)13-9-7-12(8-10-13)21(29)32-6-2/h7-10,15-16H,5-6,11H2,1-4H3. The lowest BCUT2D eigenvalue weighted by molar-refractivity contribution is -0.144. The SMILES string of the molecule is CCOC(=O)Cn1c2c(sc1=O)C(C)(C)C1C(=O)N(c3ccc(C(=O)OCC)cc3)C(=O)C1S2. The Morgan fingerprint density at radius 3 is 2.26 bits per heavy atom. The van der Waals surface area contributed by atoms with Crippen LogP contribution in [0.4, 0.5) is 5.69 Å². The zero-order valence-corrected chi connectivity index (χ0v) is 20.8. The van der Waals surface area contributed by atoms with Crippen LogP contribution in [0, 0.1) is 5.92 Å². The summed E-state index contributed by atoms with van der Waals surface area (Å²) in [6.07, 6.45) is 0. The summed E-state index contributed by atoms with van der Waals surface area (Å²) in [6.45, 7) is 7.26. The minimum Gasteiger partial charge on any atom is -0.465 e. The van der Waals surface area contributed by atoms with Crippen molar-refractivity contribution in [3.8, 4) is 0 Å². The van der Waals surface area contributed by atoms with Crippen molar-refractivity contribution in [3.63, 3.8) is 0 Å². The van der Waals surface area contributed by atoms with Gasteiger partial charge in [-0.15, -0.1) is 0 Å². The number of imide groups is 1. The molecule has 0 N–H and O–H groups in total. The lowest BCUT2D eigenvalue weighted by Gasteiger charge is -2.36. The molecule has 2 atom stereocenters. The highest BCUT2D eigenvalue weighted by molar-refractivity contribution is 8.00. The van der Waals surface area contributed by atoms with E-state index >= 15 is 0 Å². The van der Waals surface area contributed by atoms with Gasteiger partial charge in [-0.2, -0.15) is 0 Å². The summed E-state index contributed by atoms with van der Waals surface area (Å²) in [6, 6.07) is 6.12. The van der Waals surface area contributed by atoms with Crippen molar-refractivity contribution in [1.29, 1.82) is 0 Å². The van der Waals surface area contributed by atoms with Gasteiger partial charge in [0.15, 0.2) is 0 Å². The highest BCUT2D eigenvalue weighted by Crippen LogP contribution is 2.54. The molecule has 1 aromatic heterocycles. The number of rotatable bonds is 6. The van der Waals surface area contributed by atoms with Crippen LogP contribution in [0.2, 0.25) is 0 Å². The number of benzene rings is 1. The van der Waals surface area contributed by atoms with Crippen LogP contribution >= 0.6 is 23.1 Å². The fourth-order valence-corrected chi connectivity index (χ4v) is 7.36. The monoisotopic (exact) mass is 504 g/mol. The summed E-state index contributed by atoms with van der Waals surface area (Å²) in [5.41, 5.74) is -0.121. The van der Waals surface area contributed by atoms with Crippen LogP contribution in [-0.4, -0.2) is 46.8 Å². The molecule has 0 spiro atoms. The molecule has 2 amide bonds. The van der Waals surface area contributed by atoms with Crippen molar-refractivity contribution in [1.82, 2.24) is 4.57 Å². The summed E-state index contributed by atoms with van der Waals surface area (Å²) in [7, 11) is 0. The van der Waals surface area contributed by atoms with Gasteiger partial charge in [0.2, 0.25) is 11.8 Å². The number of carbonyl (C=O) groups excluding carboxylic acids is 4. The van der Waals surface area contributed by atoms with Gasteiger partial charge in [0.1, 0.15) is 11.8 Å². The fourth-order valence-electron chi connectivity index (χ4n) is 4.32. The maximum absolute atomic E-state index is 13.5. The van der Waals surface area contributed by atoms with Crippen molar-refractivity contribution < 1.29 is 28.7 Å². The van der Waals surface area contributed by atoms with E-state index in [1.807, 2.05) is 13.8 Å². The Kier molecular flexibility index (Phi) is 6.43. The number of amides is 2. The van der Waals surface area contributed by atoms with E-state index in [0.717, 1.165) is 28.0 Å². The van der Waals surface area contributed by atoms with E-state index in [1.54, 1.807) is 26.0 Å². The topological polar surface area (TPSA) is 112 Å². The van der Waals surface area contributed by atoms with Crippen LogP contribution in [0.5, 0.6) is 0 Å². The molecule has 11 heteroatoms.